The second-order valence-electron chi connectivity index (χ2n) is 13.3. The van der Waals surface area contributed by atoms with Crippen molar-refractivity contribution in [1.29, 1.82) is 0 Å². The van der Waals surface area contributed by atoms with Crippen LogP contribution in [0.15, 0.2) is 11.6 Å². The van der Waals surface area contributed by atoms with E-state index in [1.54, 1.807) is 6.92 Å². The van der Waals surface area contributed by atoms with Crippen molar-refractivity contribution in [3.8, 4) is 0 Å². The highest BCUT2D eigenvalue weighted by molar-refractivity contribution is 5.70. The Balaban J connectivity index is 2.30. The lowest BCUT2D eigenvalue weighted by molar-refractivity contribution is -0.222. The zero-order valence-corrected chi connectivity index (χ0v) is 26.5. The Bertz CT molecular complexity index is 1070. The maximum absolute atomic E-state index is 13.0. The third-order valence-electron chi connectivity index (χ3n) is 9.91. The van der Waals surface area contributed by atoms with Crippen molar-refractivity contribution in [2.45, 2.75) is 131 Å². The summed E-state index contributed by atoms with van der Waals surface area (Å²) >= 11 is 0. The van der Waals surface area contributed by atoms with Crippen molar-refractivity contribution in [3.05, 3.63) is 11.6 Å². The molecule has 3 rings (SSSR count). The minimum atomic E-state index is -1.27. The summed E-state index contributed by atoms with van der Waals surface area (Å²) < 4.78 is 23.7. The number of hydrogen-bond donors (Lipinski definition) is 2. The summed E-state index contributed by atoms with van der Waals surface area (Å²) in [5.41, 5.74) is -1.53. The molecule has 238 valence electrons. The molecule has 10 heteroatoms. The Morgan fingerprint density at radius 3 is 1.95 bits per heavy atom. The van der Waals surface area contributed by atoms with Crippen molar-refractivity contribution in [2.75, 3.05) is 0 Å². The fraction of sp³-hybridized carbons (Fsp3) is 0.812. The fourth-order valence-electron chi connectivity index (χ4n) is 8.00. The van der Waals surface area contributed by atoms with Crippen molar-refractivity contribution < 1.29 is 48.3 Å². The molecule has 2 saturated carbocycles. The summed E-state index contributed by atoms with van der Waals surface area (Å²) in [4.78, 5) is 50.6. The van der Waals surface area contributed by atoms with Crippen LogP contribution in [0, 0.1) is 34.5 Å². The van der Waals surface area contributed by atoms with E-state index in [2.05, 4.69) is 0 Å². The van der Waals surface area contributed by atoms with E-state index in [1.807, 2.05) is 47.6 Å². The predicted molar refractivity (Wildman–Crippen MR) is 153 cm³/mol. The van der Waals surface area contributed by atoms with Crippen LogP contribution in [-0.2, 0) is 38.1 Å². The molecule has 0 aromatic rings. The highest BCUT2D eigenvalue weighted by Crippen LogP contribution is 2.67. The lowest BCUT2D eigenvalue weighted by atomic mass is 9.49. The SMILES string of the molecule is CCCC(=O)O[C@@H]1[C@H](C(C)C)[C@@H]2[C@H]3C=C(C)[C@H](O)[C@H](OC(C)=O)[C@@H](OC(=O)CCC)[C@]3(C)C[C@H](OC(C)=O)[C@]2(C)[C@H]1O. The van der Waals surface area contributed by atoms with Gasteiger partial charge in [0.1, 0.15) is 30.5 Å². The van der Waals surface area contributed by atoms with Gasteiger partial charge < -0.3 is 29.2 Å². The quantitative estimate of drug-likeness (QED) is 0.229. The summed E-state index contributed by atoms with van der Waals surface area (Å²) in [6, 6.07) is 0. The van der Waals surface area contributed by atoms with E-state index in [1.165, 1.54) is 13.8 Å². The highest BCUT2D eigenvalue weighted by atomic mass is 16.6. The number of carbonyl (C=O) groups excluding carboxylic acids is 4. The van der Waals surface area contributed by atoms with E-state index in [0.29, 0.717) is 18.4 Å². The molecular weight excluding hydrogens is 544 g/mol. The molecule has 0 amide bonds. The number of allylic oxidation sites excluding steroid dienone is 1. The Morgan fingerprint density at radius 1 is 0.905 bits per heavy atom. The van der Waals surface area contributed by atoms with Gasteiger partial charge in [-0.1, -0.05) is 47.6 Å². The van der Waals surface area contributed by atoms with Crippen LogP contribution in [-0.4, -0.2) is 70.7 Å². The molecule has 0 heterocycles. The monoisotopic (exact) mass is 594 g/mol. The predicted octanol–water partition coefficient (Wildman–Crippen LogP) is 3.89. The molecule has 3 aliphatic carbocycles. The van der Waals surface area contributed by atoms with Crippen LogP contribution in [0.1, 0.15) is 94.4 Å². The second-order valence-corrected chi connectivity index (χ2v) is 13.3. The number of rotatable bonds is 9. The van der Waals surface area contributed by atoms with Gasteiger partial charge in [-0.15, -0.1) is 0 Å². The van der Waals surface area contributed by atoms with Crippen molar-refractivity contribution in [2.24, 2.45) is 34.5 Å². The summed E-state index contributed by atoms with van der Waals surface area (Å²) in [7, 11) is 0. The molecule has 2 N–H and O–H groups in total. The van der Waals surface area contributed by atoms with Crippen molar-refractivity contribution in [3.63, 3.8) is 0 Å². The molecule has 0 spiro atoms. The van der Waals surface area contributed by atoms with Crippen LogP contribution >= 0.6 is 0 Å². The molecule has 0 unspecified atom stereocenters. The summed E-state index contributed by atoms with van der Waals surface area (Å²) in [5, 5.41) is 23.5. The van der Waals surface area contributed by atoms with Gasteiger partial charge >= 0.3 is 23.9 Å². The fourth-order valence-corrected chi connectivity index (χ4v) is 8.00. The molecule has 0 radical (unpaired) electrons. The van der Waals surface area contributed by atoms with Gasteiger partial charge in [0, 0.05) is 43.4 Å². The van der Waals surface area contributed by atoms with E-state index in [9.17, 15) is 29.4 Å². The van der Waals surface area contributed by atoms with Crippen molar-refractivity contribution >= 4 is 23.9 Å². The van der Waals surface area contributed by atoms with Crippen LogP contribution in [0.5, 0.6) is 0 Å². The largest absolute Gasteiger partial charge is 0.462 e. The molecule has 0 aromatic carbocycles. The molecule has 2 fully saturated rings. The Morgan fingerprint density at radius 2 is 1.45 bits per heavy atom. The zero-order valence-electron chi connectivity index (χ0n) is 26.5. The van der Waals surface area contributed by atoms with Crippen LogP contribution in [0.2, 0.25) is 0 Å². The van der Waals surface area contributed by atoms with E-state index in [0.717, 1.165) is 0 Å². The standard InChI is InChI=1S/C32H50O10/c1-10-12-22(35)41-27-24(16(3)4)25-20-14-17(5)26(37)28(40-19(7)34)30(42-23(36)13-11-2)31(20,8)15-21(39-18(6)33)32(25,9)29(27)38/h14,16,20-21,24-30,37-38H,10-13,15H2,1-9H3/t20-,21+,24-,25+,26+,27-,28+,29+,30-,31-,32+/m1/s1. The van der Waals surface area contributed by atoms with Crippen LogP contribution in [0.3, 0.4) is 0 Å². The van der Waals surface area contributed by atoms with E-state index >= 15 is 0 Å². The number of hydrogen-bond acceptors (Lipinski definition) is 10. The number of aliphatic hydroxyl groups is 2. The average molecular weight is 595 g/mol. The molecule has 42 heavy (non-hydrogen) atoms. The van der Waals surface area contributed by atoms with Gasteiger partial charge in [0.05, 0.1) is 0 Å². The van der Waals surface area contributed by atoms with Gasteiger partial charge in [-0.25, -0.2) is 0 Å². The summed E-state index contributed by atoms with van der Waals surface area (Å²) in [6.45, 7) is 15.8. The summed E-state index contributed by atoms with van der Waals surface area (Å²) in [5.74, 6) is -3.40. The number of ether oxygens (including phenoxy) is 4. The Labute approximate surface area is 249 Å². The molecule has 0 saturated heterocycles. The van der Waals surface area contributed by atoms with Gasteiger partial charge in [0.2, 0.25) is 0 Å². The molecular formula is C32H50O10. The first-order valence-corrected chi connectivity index (χ1v) is 15.3. The van der Waals surface area contributed by atoms with Gasteiger partial charge in [-0.05, 0) is 49.5 Å². The van der Waals surface area contributed by atoms with Crippen LogP contribution < -0.4 is 0 Å². The minimum Gasteiger partial charge on any atom is -0.462 e. The maximum Gasteiger partial charge on any atom is 0.306 e. The lowest BCUT2D eigenvalue weighted by Gasteiger charge is -2.58. The second kappa shape index (κ2) is 13.0. The minimum absolute atomic E-state index is 0.0709. The number of esters is 4. The zero-order chi connectivity index (χ0) is 31.7. The smallest absolute Gasteiger partial charge is 0.306 e. The van der Waals surface area contributed by atoms with Gasteiger partial charge in [0.25, 0.3) is 0 Å². The third-order valence-corrected chi connectivity index (χ3v) is 9.91. The summed E-state index contributed by atoms with van der Waals surface area (Å²) in [6.07, 6.45) is -2.93. The van der Waals surface area contributed by atoms with Gasteiger partial charge in [-0.2, -0.15) is 0 Å². The first kappa shape index (κ1) is 34.0. The highest BCUT2D eigenvalue weighted by Gasteiger charge is 2.72. The Kier molecular flexibility index (Phi) is 10.6. The first-order valence-electron chi connectivity index (χ1n) is 15.3. The molecule has 0 aliphatic heterocycles. The molecule has 11 atom stereocenters. The number of carbonyl (C=O) groups is 4. The number of fused-ring (bicyclic) bond motifs is 3. The van der Waals surface area contributed by atoms with Gasteiger partial charge in [0.15, 0.2) is 6.10 Å². The van der Waals surface area contributed by atoms with Gasteiger partial charge in [-0.3, -0.25) is 19.2 Å². The topological polar surface area (TPSA) is 146 Å². The molecule has 3 aliphatic rings. The van der Waals surface area contributed by atoms with Crippen molar-refractivity contribution in [1.82, 2.24) is 0 Å². The third kappa shape index (κ3) is 6.11. The van der Waals surface area contributed by atoms with Crippen LogP contribution in [0.4, 0.5) is 0 Å². The normalized spacial score (nSPS) is 39.3. The van der Waals surface area contributed by atoms with E-state index in [-0.39, 0.29) is 31.1 Å². The number of aliphatic hydroxyl groups excluding tert-OH is 2. The maximum atomic E-state index is 13.0. The first-order chi connectivity index (χ1) is 19.5. The Hall–Kier alpha value is -2.46. The average Bonchev–Trinajstić information content (AvgIpc) is 3.06. The van der Waals surface area contributed by atoms with E-state index < -0.39 is 83.2 Å². The molecule has 0 aromatic heterocycles. The lowest BCUT2D eigenvalue weighted by Crippen LogP contribution is -2.63. The van der Waals surface area contributed by atoms with Crippen LogP contribution in [0.25, 0.3) is 0 Å². The van der Waals surface area contributed by atoms with E-state index in [4.69, 9.17) is 18.9 Å². The molecule has 10 nitrogen and oxygen atoms in total. The molecule has 0 bridgehead atoms.